The highest BCUT2D eigenvalue weighted by Gasteiger charge is 2.37. The molecular formula is C13H19BrF3N3O2. The Morgan fingerprint density at radius 2 is 2.14 bits per heavy atom. The van der Waals surface area contributed by atoms with E-state index in [-0.39, 0.29) is 23.3 Å². The van der Waals surface area contributed by atoms with Crippen molar-refractivity contribution in [3.8, 4) is 0 Å². The maximum Gasteiger partial charge on any atom is 0.436 e. The van der Waals surface area contributed by atoms with Gasteiger partial charge in [0, 0.05) is 26.2 Å². The van der Waals surface area contributed by atoms with Crippen LogP contribution in [0.2, 0.25) is 0 Å². The number of hydrogen-bond donors (Lipinski definition) is 1. The zero-order valence-electron chi connectivity index (χ0n) is 12.5. The van der Waals surface area contributed by atoms with Crippen molar-refractivity contribution in [1.29, 1.82) is 0 Å². The first kappa shape index (κ1) is 19.0. The van der Waals surface area contributed by atoms with E-state index in [0.29, 0.717) is 31.9 Å². The number of carbonyl (C=O) groups excluding carboxylic acids is 1. The highest BCUT2D eigenvalue weighted by Crippen LogP contribution is 2.35. The van der Waals surface area contributed by atoms with Crippen LogP contribution in [0.1, 0.15) is 31.2 Å². The van der Waals surface area contributed by atoms with Gasteiger partial charge in [-0.15, -0.1) is 0 Å². The monoisotopic (exact) mass is 385 g/mol. The lowest BCUT2D eigenvalue weighted by Gasteiger charge is -2.07. The minimum atomic E-state index is -4.52. The number of ether oxygens (including phenoxy) is 1. The molecule has 1 amide bonds. The van der Waals surface area contributed by atoms with Crippen LogP contribution in [-0.2, 0) is 22.3 Å². The summed E-state index contributed by atoms with van der Waals surface area (Å²) < 4.78 is 44.4. The summed E-state index contributed by atoms with van der Waals surface area (Å²) in [5.74, 6) is -0.226. The van der Waals surface area contributed by atoms with E-state index < -0.39 is 11.9 Å². The normalized spacial score (nSPS) is 11.7. The Bertz CT molecular complexity index is 503. The van der Waals surface area contributed by atoms with Crippen molar-refractivity contribution in [2.24, 2.45) is 0 Å². The van der Waals surface area contributed by atoms with E-state index >= 15 is 0 Å². The topological polar surface area (TPSA) is 56.1 Å². The molecule has 0 unspecified atom stereocenters. The van der Waals surface area contributed by atoms with Crippen molar-refractivity contribution in [2.45, 2.75) is 39.4 Å². The van der Waals surface area contributed by atoms with Crippen LogP contribution in [0.4, 0.5) is 13.2 Å². The van der Waals surface area contributed by atoms with Crippen molar-refractivity contribution >= 4 is 21.8 Å². The van der Waals surface area contributed by atoms with Crippen LogP contribution < -0.4 is 5.32 Å². The molecule has 0 saturated heterocycles. The van der Waals surface area contributed by atoms with E-state index in [0.717, 1.165) is 0 Å². The fourth-order valence-corrected chi connectivity index (χ4v) is 2.27. The first-order valence-electron chi connectivity index (χ1n) is 6.92. The molecule has 0 spiro atoms. The lowest BCUT2D eigenvalue weighted by atomic mass is 10.3. The third-order valence-corrected chi connectivity index (χ3v) is 3.89. The van der Waals surface area contributed by atoms with Crippen molar-refractivity contribution in [3.63, 3.8) is 0 Å². The highest BCUT2D eigenvalue weighted by molar-refractivity contribution is 9.10. The van der Waals surface area contributed by atoms with Gasteiger partial charge in [-0.2, -0.15) is 18.3 Å². The fourth-order valence-electron chi connectivity index (χ4n) is 1.77. The van der Waals surface area contributed by atoms with Gasteiger partial charge in [-0.1, -0.05) is 0 Å². The molecule has 0 fully saturated rings. The van der Waals surface area contributed by atoms with Crippen LogP contribution in [0.15, 0.2) is 4.47 Å². The van der Waals surface area contributed by atoms with Gasteiger partial charge in [-0.25, -0.2) is 0 Å². The molecule has 1 rings (SSSR count). The number of rotatable bonds is 8. The number of amides is 1. The van der Waals surface area contributed by atoms with Crippen LogP contribution in [0.3, 0.4) is 0 Å². The number of nitrogens with zero attached hydrogens (tertiary/aromatic N) is 2. The summed E-state index contributed by atoms with van der Waals surface area (Å²) in [7, 11) is 0. The predicted octanol–water partition coefficient (Wildman–Crippen LogP) is 2.91. The van der Waals surface area contributed by atoms with Crippen LogP contribution in [0.25, 0.3) is 0 Å². The van der Waals surface area contributed by atoms with E-state index in [4.69, 9.17) is 4.74 Å². The molecular weight excluding hydrogens is 367 g/mol. The van der Waals surface area contributed by atoms with E-state index in [1.54, 1.807) is 0 Å². The number of aryl methyl sites for hydroxylation is 1. The molecule has 0 saturated carbocycles. The van der Waals surface area contributed by atoms with Crippen LogP contribution in [0.5, 0.6) is 0 Å². The van der Waals surface area contributed by atoms with Crippen molar-refractivity contribution < 1.29 is 22.7 Å². The van der Waals surface area contributed by atoms with E-state index in [1.165, 1.54) is 11.6 Å². The van der Waals surface area contributed by atoms with Crippen molar-refractivity contribution in [1.82, 2.24) is 15.1 Å². The van der Waals surface area contributed by atoms with Gasteiger partial charge < -0.3 is 10.1 Å². The SMILES string of the molecule is CCOCCCNC(=O)CCn1nc(C(F)(F)F)c(Br)c1C. The molecule has 1 heterocycles. The molecule has 126 valence electrons. The summed E-state index contributed by atoms with van der Waals surface area (Å²) in [6.07, 6.45) is -3.75. The molecule has 22 heavy (non-hydrogen) atoms. The molecule has 0 aliphatic rings. The van der Waals surface area contributed by atoms with Crippen LogP contribution >= 0.6 is 15.9 Å². The van der Waals surface area contributed by atoms with Crippen molar-refractivity contribution in [2.75, 3.05) is 19.8 Å². The Morgan fingerprint density at radius 3 is 2.68 bits per heavy atom. The number of carbonyl (C=O) groups is 1. The first-order valence-corrected chi connectivity index (χ1v) is 7.71. The van der Waals surface area contributed by atoms with Gasteiger partial charge >= 0.3 is 6.18 Å². The van der Waals surface area contributed by atoms with Crippen LogP contribution in [0, 0.1) is 6.92 Å². The minimum Gasteiger partial charge on any atom is -0.382 e. The quantitative estimate of drug-likeness (QED) is 0.700. The fraction of sp³-hybridized carbons (Fsp3) is 0.692. The molecule has 9 heteroatoms. The van der Waals surface area contributed by atoms with Gasteiger partial charge in [0.2, 0.25) is 5.91 Å². The zero-order valence-corrected chi connectivity index (χ0v) is 14.1. The average molecular weight is 386 g/mol. The molecule has 0 aromatic carbocycles. The van der Waals surface area contributed by atoms with E-state index in [2.05, 4.69) is 26.3 Å². The van der Waals surface area contributed by atoms with Gasteiger partial charge in [0.1, 0.15) is 0 Å². The Balaban J connectivity index is 2.46. The molecule has 0 aliphatic heterocycles. The third kappa shape index (κ3) is 5.60. The minimum absolute atomic E-state index is 0.0703. The number of aromatic nitrogens is 2. The van der Waals surface area contributed by atoms with Gasteiger partial charge in [0.15, 0.2) is 5.69 Å². The van der Waals surface area contributed by atoms with E-state index in [9.17, 15) is 18.0 Å². The summed E-state index contributed by atoms with van der Waals surface area (Å²) in [5.41, 5.74) is -0.626. The molecule has 1 aromatic heterocycles. The predicted molar refractivity (Wildman–Crippen MR) is 78.4 cm³/mol. The second-order valence-electron chi connectivity index (χ2n) is 4.62. The van der Waals surface area contributed by atoms with Gasteiger partial charge in [-0.05, 0) is 36.2 Å². The number of alkyl halides is 3. The summed E-state index contributed by atoms with van der Waals surface area (Å²) in [6, 6.07) is 0. The Hall–Kier alpha value is -1.09. The Morgan fingerprint density at radius 1 is 1.45 bits per heavy atom. The average Bonchev–Trinajstić information content (AvgIpc) is 2.72. The van der Waals surface area contributed by atoms with Crippen LogP contribution in [-0.4, -0.2) is 35.4 Å². The van der Waals surface area contributed by atoms with E-state index in [1.807, 2.05) is 6.92 Å². The summed E-state index contributed by atoms with van der Waals surface area (Å²) in [5, 5.41) is 6.21. The lowest BCUT2D eigenvalue weighted by molar-refractivity contribution is -0.142. The van der Waals surface area contributed by atoms with Gasteiger partial charge in [-0.3, -0.25) is 9.48 Å². The zero-order chi connectivity index (χ0) is 16.8. The maximum atomic E-state index is 12.7. The summed E-state index contributed by atoms with van der Waals surface area (Å²) in [6.45, 7) is 5.18. The molecule has 5 nitrogen and oxygen atoms in total. The molecule has 0 bridgehead atoms. The molecule has 0 aliphatic carbocycles. The second-order valence-corrected chi connectivity index (χ2v) is 5.41. The largest absolute Gasteiger partial charge is 0.436 e. The highest BCUT2D eigenvalue weighted by atomic mass is 79.9. The second kappa shape index (κ2) is 8.52. The summed E-state index contributed by atoms with van der Waals surface area (Å²) in [4.78, 5) is 11.6. The molecule has 0 radical (unpaired) electrons. The molecule has 0 atom stereocenters. The van der Waals surface area contributed by atoms with Gasteiger partial charge in [0.05, 0.1) is 16.7 Å². The standard InChI is InChI=1S/C13H19BrF3N3O2/c1-3-22-8-4-6-18-10(21)5-7-20-9(2)11(14)12(19-20)13(15,16)17/h3-8H2,1-2H3,(H,18,21). The number of hydrogen-bond acceptors (Lipinski definition) is 3. The third-order valence-electron chi connectivity index (χ3n) is 2.94. The van der Waals surface area contributed by atoms with Crippen molar-refractivity contribution in [3.05, 3.63) is 15.9 Å². The number of nitrogens with one attached hydrogen (secondary N) is 1. The molecule has 1 N–H and O–H groups in total. The molecule has 1 aromatic rings. The first-order chi connectivity index (χ1) is 10.3. The number of halogens is 4. The lowest BCUT2D eigenvalue weighted by Crippen LogP contribution is -2.26. The van der Waals surface area contributed by atoms with Gasteiger partial charge in [0.25, 0.3) is 0 Å². The summed E-state index contributed by atoms with van der Waals surface area (Å²) >= 11 is 2.89. The maximum absolute atomic E-state index is 12.7. The Labute approximate surface area is 135 Å². The Kier molecular flexibility index (Phi) is 7.34. The smallest absolute Gasteiger partial charge is 0.382 e.